The lowest BCUT2D eigenvalue weighted by molar-refractivity contribution is 0.306. The van der Waals surface area contributed by atoms with Gasteiger partial charge in [0.05, 0.1) is 6.54 Å². The molecule has 0 heterocycles. The van der Waals surface area contributed by atoms with Crippen LogP contribution in [0.25, 0.3) is 0 Å². The van der Waals surface area contributed by atoms with Crippen molar-refractivity contribution in [3.63, 3.8) is 0 Å². The Morgan fingerprint density at radius 1 is 1.05 bits per heavy atom. The SMILES string of the molecule is CC(C)c1ccc(OCc2ccccc2C#CCN)cc1. The first kappa shape index (κ1) is 15.2. The second-order valence-corrected chi connectivity index (χ2v) is 5.18. The van der Waals surface area contributed by atoms with Crippen LogP contribution >= 0.6 is 0 Å². The van der Waals surface area contributed by atoms with Crippen LogP contribution in [0.2, 0.25) is 0 Å². The highest BCUT2D eigenvalue weighted by atomic mass is 16.5. The van der Waals surface area contributed by atoms with Gasteiger partial charge in [0.1, 0.15) is 12.4 Å². The molecular weight excluding hydrogens is 258 g/mol. The van der Waals surface area contributed by atoms with Crippen molar-refractivity contribution in [2.75, 3.05) is 6.54 Å². The minimum Gasteiger partial charge on any atom is -0.489 e. The van der Waals surface area contributed by atoms with E-state index in [1.165, 1.54) is 5.56 Å². The standard InChI is InChI=1S/C19H21NO/c1-15(2)16-9-11-19(12-10-16)21-14-18-7-4-3-6-17(18)8-5-13-20/h3-4,6-7,9-12,15H,13-14,20H2,1-2H3. The van der Waals surface area contributed by atoms with Gasteiger partial charge in [-0.2, -0.15) is 0 Å². The van der Waals surface area contributed by atoms with Crippen LogP contribution in [0.1, 0.15) is 36.5 Å². The maximum absolute atomic E-state index is 5.85. The van der Waals surface area contributed by atoms with E-state index in [1.54, 1.807) is 0 Å². The number of ether oxygens (including phenoxy) is 1. The highest BCUT2D eigenvalue weighted by molar-refractivity contribution is 5.41. The van der Waals surface area contributed by atoms with Crippen LogP contribution in [-0.2, 0) is 6.61 Å². The van der Waals surface area contributed by atoms with Gasteiger partial charge in [0.15, 0.2) is 0 Å². The average molecular weight is 279 g/mol. The molecule has 0 amide bonds. The molecule has 0 spiro atoms. The first-order valence-corrected chi connectivity index (χ1v) is 7.20. The Bertz CT molecular complexity index is 633. The quantitative estimate of drug-likeness (QED) is 0.866. The minimum absolute atomic E-state index is 0.367. The van der Waals surface area contributed by atoms with Crippen molar-refractivity contribution in [3.05, 3.63) is 65.2 Å². The number of rotatable bonds is 4. The molecule has 21 heavy (non-hydrogen) atoms. The molecule has 0 aliphatic rings. The zero-order valence-electron chi connectivity index (χ0n) is 12.6. The molecule has 2 nitrogen and oxygen atoms in total. The summed E-state index contributed by atoms with van der Waals surface area (Å²) in [7, 11) is 0. The van der Waals surface area contributed by atoms with Gasteiger partial charge in [0.25, 0.3) is 0 Å². The van der Waals surface area contributed by atoms with Crippen molar-refractivity contribution in [3.8, 4) is 17.6 Å². The molecule has 2 aromatic rings. The molecule has 2 heteroatoms. The van der Waals surface area contributed by atoms with Crippen LogP contribution in [0.5, 0.6) is 5.75 Å². The van der Waals surface area contributed by atoms with Crippen molar-refractivity contribution in [1.29, 1.82) is 0 Å². The van der Waals surface area contributed by atoms with E-state index in [2.05, 4.69) is 37.8 Å². The van der Waals surface area contributed by atoms with E-state index in [1.807, 2.05) is 36.4 Å². The van der Waals surface area contributed by atoms with Crippen molar-refractivity contribution in [1.82, 2.24) is 0 Å². The third-order valence-corrected chi connectivity index (χ3v) is 3.28. The van der Waals surface area contributed by atoms with Crippen LogP contribution in [-0.4, -0.2) is 6.54 Å². The van der Waals surface area contributed by atoms with E-state index in [0.29, 0.717) is 19.1 Å². The monoisotopic (exact) mass is 279 g/mol. The van der Waals surface area contributed by atoms with Crippen molar-refractivity contribution < 1.29 is 4.74 Å². The first-order chi connectivity index (χ1) is 10.2. The molecule has 108 valence electrons. The lowest BCUT2D eigenvalue weighted by Gasteiger charge is -2.10. The van der Waals surface area contributed by atoms with Gasteiger partial charge < -0.3 is 10.5 Å². The lowest BCUT2D eigenvalue weighted by Crippen LogP contribution is -1.99. The molecule has 0 radical (unpaired) electrons. The molecule has 0 atom stereocenters. The normalized spacial score (nSPS) is 10.1. The molecule has 2 N–H and O–H groups in total. The van der Waals surface area contributed by atoms with Gasteiger partial charge in [0.2, 0.25) is 0 Å². The van der Waals surface area contributed by atoms with Gasteiger partial charge in [-0.1, -0.05) is 56.0 Å². The van der Waals surface area contributed by atoms with Crippen molar-refractivity contribution >= 4 is 0 Å². The van der Waals surface area contributed by atoms with Gasteiger partial charge in [-0.15, -0.1) is 0 Å². The van der Waals surface area contributed by atoms with Gasteiger partial charge in [0, 0.05) is 11.1 Å². The average Bonchev–Trinajstić information content (AvgIpc) is 2.52. The molecule has 2 aromatic carbocycles. The summed E-state index contributed by atoms with van der Waals surface area (Å²) in [5.41, 5.74) is 8.79. The van der Waals surface area contributed by atoms with Crippen LogP contribution in [0, 0.1) is 11.8 Å². The Hall–Kier alpha value is -2.24. The summed E-state index contributed by atoms with van der Waals surface area (Å²) < 4.78 is 5.85. The fourth-order valence-electron chi connectivity index (χ4n) is 2.02. The fraction of sp³-hybridized carbons (Fsp3) is 0.263. The predicted molar refractivity (Wildman–Crippen MR) is 87.2 cm³/mol. The Balaban J connectivity index is 2.06. The smallest absolute Gasteiger partial charge is 0.119 e. The van der Waals surface area contributed by atoms with E-state index in [4.69, 9.17) is 10.5 Å². The van der Waals surface area contributed by atoms with E-state index < -0.39 is 0 Å². The van der Waals surface area contributed by atoms with E-state index in [0.717, 1.165) is 16.9 Å². The largest absolute Gasteiger partial charge is 0.489 e. The Labute approximate surface area is 126 Å². The lowest BCUT2D eigenvalue weighted by atomic mass is 10.0. The predicted octanol–water partition coefficient (Wildman–Crippen LogP) is 3.70. The second-order valence-electron chi connectivity index (χ2n) is 5.18. The molecule has 0 unspecified atom stereocenters. The summed E-state index contributed by atoms with van der Waals surface area (Å²) in [5, 5.41) is 0. The zero-order chi connectivity index (χ0) is 15.1. The van der Waals surface area contributed by atoms with Crippen LogP contribution in [0.15, 0.2) is 48.5 Å². The minimum atomic E-state index is 0.367. The van der Waals surface area contributed by atoms with E-state index >= 15 is 0 Å². The zero-order valence-corrected chi connectivity index (χ0v) is 12.6. The molecule has 0 fully saturated rings. The summed E-state index contributed by atoms with van der Waals surface area (Å²) in [6.07, 6.45) is 0. The highest BCUT2D eigenvalue weighted by Crippen LogP contribution is 2.20. The molecule has 0 saturated carbocycles. The van der Waals surface area contributed by atoms with Crippen LogP contribution < -0.4 is 10.5 Å². The van der Waals surface area contributed by atoms with Crippen LogP contribution in [0.3, 0.4) is 0 Å². The van der Waals surface area contributed by atoms with Gasteiger partial charge in [-0.05, 0) is 29.7 Å². The van der Waals surface area contributed by atoms with Gasteiger partial charge in [-0.25, -0.2) is 0 Å². The van der Waals surface area contributed by atoms with Gasteiger partial charge >= 0.3 is 0 Å². The molecule has 0 aliphatic carbocycles. The Morgan fingerprint density at radius 3 is 2.43 bits per heavy atom. The van der Waals surface area contributed by atoms with E-state index in [9.17, 15) is 0 Å². The molecule has 2 rings (SSSR count). The Kier molecular flexibility index (Phi) is 5.43. The summed E-state index contributed by atoms with van der Waals surface area (Å²) in [4.78, 5) is 0. The van der Waals surface area contributed by atoms with Crippen LogP contribution in [0.4, 0.5) is 0 Å². The number of benzene rings is 2. The number of nitrogens with two attached hydrogens (primary N) is 1. The fourth-order valence-corrected chi connectivity index (χ4v) is 2.02. The summed E-state index contributed by atoms with van der Waals surface area (Å²) in [5.74, 6) is 7.37. The molecule has 0 aliphatic heterocycles. The first-order valence-electron chi connectivity index (χ1n) is 7.20. The third-order valence-electron chi connectivity index (χ3n) is 3.28. The van der Waals surface area contributed by atoms with E-state index in [-0.39, 0.29) is 0 Å². The van der Waals surface area contributed by atoms with Crippen molar-refractivity contribution in [2.45, 2.75) is 26.4 Å². The maximum atomic E-state index is 5.85. The summed E-state index contributed by atoms with van der Waals surface area (Å²) >= 11 is 0. The molecule has 0 saturated heterocycles. The topological polar surface area (TPSA) is 35.2 Å². The highest BCUT2D eigenvalue weighted by Gasteiger charge is 2.02. The summed E-state index contributed by atoms with van der Waals surface area (Å²) in [6.45, 7) is 5.24. The molecule has 0 aromatic heterocycles. The second kappa shape index (κ2) is 7.52. The molecule has 0 bridgehead atoms. The summed E-state index contributed by atoms with van der Waals surface area (Å²) in [6, 6.07) is 16.2. The Morgan fingerprint density at radius 2 is 1.76 bits per heavy atom. The molecular formula is C19H21NO. The number of hydrogen-bond donors (Lipinski definition) is 1. The third kappa shape index (κ3) is 4.37. The maximum Gasteiger partial charge on any atom is 0.119 e. The van der Waals surface area contributed by atoms with Gasteiger partial charge in [-0.3, -0.25) is 0 Å². The number of hydrogen-bond acceptors (Lipinski definition) is 2. The van der Waals surface area contributed by atoms with Crippen molar-refractivity contribution in [2.24, 2.45) is 5.73 Å².